The first-order chi connectivity index (χ1) is 11.3. The van der Waals surface area contributed by atoms with E-state index in [2.05, 4.69) is 10.3 Å². The Balaban J connectivity index is 1.84. The topological polar surface area (TPSA) is 60.5 Å². The van der Waals surface area contributed by atoms with Gasteiger partial charge in [-0.3, -0.25) is 4.79 Å². The summed E-state index contributed by atoms with van der Waals surface area (Å²) in [4.78, 5) is 15.3. The summed E-state index contributed by atoms with van der Waals surface area (Å²) in [7, 11) is 1.55. The predicted molar refractivity (Wildman–Crippen MR) is 82.7 cm³/mol. The molecule has 0 aliphatic carbocycles. The highest BCUT2D eigenvalue weighted by atomic mass is 32.1. The first-order valence-electron chi connectivity index (χ1n) is 6.91. The Kier molecular flexibility index (Phi) is 5.66. The van der Waals surface area contributed by atoms with Gasteiger partial charge in [0.1, 0.15) is 23.0 Å². The van der Waals surface area contributed by atoms with Gasteiger partial charge in [-0.15, -0.1) is 11.3 Å². The van der Waals surface area contributed by atoms with Crippen LogP contribution in [0.25, 0.3) is 0 Å². The van der Waals surface area contributed by atoms with Crippen LogP contribution in [0.4, 0.5) is 13.2 Å². The molecule has 0 saturated heterocycles. The first-order valence-corrected chi connectivity index (χ1v) is 7.72. The number of alkyl halides is 3. The summed E-state index contributed by atoms with van der Waals surface area (Å²) in [6, 6.07) is 6.88. The maximum Gasteiger partial charge on any atom is 0.443 e. The number of methoxy groups -OCH3 is 1. The third kappa shape index (κ3) is 4.60. The largest absolute Gasteiger partial charge is 0.497 e. The Hall–Kier alpha value is -2.29. The maximum absolute atomic E-state index is 12.6. The Bertz CT molecular complexity index is 699. The number of amides is 1. The predicted octanol–water partition coefficient (Wildman–Crippen LogP) is 3.29. The van der Waals surface area contributed by atoms with Crippen molar-refractivity contribution in [3.05, 3.63) is 39.8 Å². The minimum absolute atomic E-state index is 0.0493. The molecule has 1 aromatic heterocycles. The quantitative estimate of drug-likeness (QED) is 0.803. The van der Waals surface area contributed by atoms with Crippen molar-refractivity contribution in [1.82, 2.24) is 10.3 Å². The summed E-state index contributed by atoms with van der Waals surface area (Å²) in [6.45, 7) is 1.71. The molecule has 1 amide bonds. The molecule has 0 aliphatic heterocycles. The highest BCUT2D eigenvalue weighted by molar-refractivity contribution is 7.13. The summed E-state index contributed by atoms with van der Waals surface area (Å²) in [5.41, 5.74) is 0.0564. The van der Waals surface area contributed by atoms with Crippen molar-refractivity contribution in [3.63, 3.8) is 0 Å². The minimum Gasteiger partial charge on any atom is -0.497 e. The lowest BCUT2D eigenvalue weighted by molar-refractivity contribution is -0.137. The molecule has 1 heterocycles. The summed E-state index contributed by atoms with van der Waals surface area (Å²) in [5.74, 6) is 0.689. The van der Waals surface area contributed by atoms with Gasteiger partial charge in [0.2, 0.25) is 0 Å². The molecule has 0 saturated carbocycles. The Labute approximate surface area is 140 Å². The van der Waals surface area contributed by atoms with Crippen LogP contribution in [0.2, 0.25) is 0 Å². The van der Waals surface area contributed by atoms with Crippen molar-refractivity contribution in [3.8, 4) is 11.5 Å². The molecule has 9 heteroatoms. The lowest BCUT2D eigenvalue weighted by Crippen LogP contribution is -2.27. The molecule has 0 aliphatic rings. The second kappa shape index (κ2) is 7.52. The lowest BCUT2D eigenvalue weighted by Gasteiger charge is -2.08. The summed E-state index contributed by atoms with van der Waals surface area (Å²) in [5, 5.41) is 1.48. The fraction of sp³-hybridized carbons (Fsp3) is 0.333. The van der Waals surface area contributed by atoms with Crippen LogP contribution in [0.1, 0.15) is 20.4 Å². The van der Waals surface area contributed by atoms with E-state index >= 15 is 0 Å². The SMILES string of the molecule is COc1ccc(OCCNC(=O)c2sc(C(F)(F)F)nc2C)cc1. The van der Waals surface area contributed by atoms with Crippen LogP contribution >= 0.6 is 11.3 Å². The van der Waals surface area contributed by atoms with Gasteiger partial charge in [0.25, 0.3) is 5.91 Å². The zero-order valence-electron chi connectivity index (χ0n) is 12.9. The molecular formula is C15H15F3N2O3S. The first kappa shape index (κ1) is 18.1. The molecule has 0 bridgehead atoms. The molecule has 24 heavy (non-hydrogen) atoms. The van der Waals surface area contributed by atoms with Crippen LogP contribution in [-0.2, 0) is 6.18 Å². The second-order valence-electron chi connectivity index (χ2n) is 4.71. The van der Waals surface area contributed by atoms with Crippen molar-refractivity contribution < 1.29 is 27.4 Å². The van der Waals surface area contributed by atoms with Crippen molar-refractivity contribution in [2.75, 3.05) is 20.3 Å². The molecule has 1 N–H and O–H groups in total. The summed E-state index contributed by atoms with van der Waals surface area (Å²) < 4.78 is 48.2. The van der Waals surface area contributed by atoms with Gasteiger partial charge in [-0.1, -0.05) is 0 Å². The molecule has 2 rings (SSSR count). The molecule has 130 valence electrons. The number of aromatic nitrogens is 1. The van der Waals surface area contributed by atoms with Crippen molar-refractivity contribution in [2.24, 2.45) is 0 Å². The number of benzene rings is 1. The molecule has 5 nitrogen and oxygen atoms in total. The van der Waals surface area contributed by atoms with Crippen LogP contribution in [0.3, 0.4) is 0 Å². The van der Waals surface area contributed by atoms with E-state index in [1.807, 2.05) is 0 Å². The van der Waals surface area contributed by atoms with Gasteiger partial charge in [-0.25, -0.2) is 4.98 Å². The molecule has 0 spiro atoms. The van der Waals surface area contributed by atoms with E-state index in [1.165, 1.54) is 6.92 Å². The normalized spacial score (nSPS) is 11.2. The van der Waals surface area contributed by atoms with E-state index in [9.17, 15) is 18.0 Å². The van der Waals surface area contributed by atoms with E-state index in [-0.39, 0.29) is 23.7 Å². The van der Waals surface area contributed by atoms with Gasteiger partial charge in [0, 0.05) is 0 Å². The Morgan fingerprint density at radius 1 is 1.25 bits per heavy atom. The molecule has 1 aromatic carbocycles. The van der Waals surface area contributed by atoms with Crippen LogP contribution in [0, 0.1) is 6.92 Å². The fourth-order valence-corrected chi connectivity index (χ4v) is 2.66. The van der Waals surface area contributed by atoms with Crippen molar-refractivity contribution >= 4 is 17.2 Å². The number of hydrogen-bond donors (Lipinski definition) is 1. The third-order valence-corrected chi connectivity index (χ3v) is 4.16. The Morgan fingerprint density at radius 2 is 1.88 bits per heavy atom. The zero-order valence-corrected chi connectivity index (χ0v) is 13.8. The monoisotopic (exact) mass is 360 g/mol. The number of ether oxygens (including phenoxy) is 2. The van der Waals surface area contributed by atoms with E-state index in [0.29, 0.717) is 22.8 Å². The number of carbonyl (C=O) groups excluding carboxylic acids is 1. The van der Waals surface area contributed by atoms with Gasteiger partial charge in [0.15, 0.2) is 5.01 Å². The number of nitrogens with zero attached hydrogens (tertiary/aromatic N) is 1. The van der Waals surface area contributed by atoms with Crippen LogP contribution in [0.5, 0.6) is 11.5 Å². The number of thiazole rings is 1. The smallest absolute Gasteiger partial charge is 0.443 e. The van der Waals surface area contributed by atoms with Crippen molar-refractivity contribution in [1.29, 1.82) is 0 Å². The van der Waals surface area contributed by atoms with Crippen LogP contribution < -0.4 is 14.8 Å². The maximum atomic E-state index is 12.6. The van der Waals surface area contributed by atoms with Gasteiger partial charge in [-0.05, 0) is 31.2 Å². The average Bonchev–Trinajstić information content (AvgIpc) is 2.94. The van der Waals surface area contributed by atoms with Gasteiger partial charge >= 0.3 is 6.18 Å². The minimum atomic E-state index is -4.55. The highest BCUT2D eigenvalue weighted by Gasteiger charge is 2.36. The molecule has 0 unspecified atom stereocenters. The van der Waals surface area contributed by atoms with Gasteiger partial charge in [0.05, 0.1) is 19.3 Å². The van der Waals surface area contributed by atoms with E-state index < -0.39 is 17.1 Å². The molecule has 0 fully saturated rings. The van der Waals surface area contributed by atoms with Crippen molar-refractivity contribution in [2.45, 2.75) is 13.1 Å². The number of nitrogens with one attached hydrogen (secondary N) is 1. The van der Waals surface area contributed by atoms with E-state index in [0.717, 1.165) is 0 Å². The van der Waals surface area contributed by atoms with E-state index in [4.69, 9.17) is 9.47 Å². The zero-order chi connectivity index (χ0) is 17.7. The average molecular weight is 360 g/mol. The number of rotatable bonds is 6. The highest BCUT2D eigenvalue weighted by Crippen LogP contribution is 2.33. The molecule has 0 radical (unpaired) electrons. The summed E-state index contributed by atoms with van der Waals surface area (Å²) >= 11 is 0.330. The Morgan fingerprint density at radius 3 is 2.42 bits per heavy atom. The number of carbonyl (C=O) groups is 1. The van der Waals surface area contributed by atoms with E-state index in [1.54, 1.807) is 31.4 Å². The van der Waals surface area contributed by atoms with Crippen LogP contribution in [0.15, 0.2) is 24.3 Å². The third-order valence-electron chi connectivity index (χ3n) is 2.96. The lowest BCUT2D eigenvalue weighted by atomic mass is 10.3. The van der Waals surface area contributed by atoms with Crippen LogP contribution in [-0.4, -0.2) is 31.2 Å². The standard InChI is InChI=1S/C15H15F3N2O3S/c1-9-12(24-14(20-9)15(16,17)18)13(21)19-7-8-23-11-5-3-10(22-2)4-6-11/h3-6H,7-8H2,1-2H3,(H,19,21). The molecule has 0 atom stereocenters. The second-order valence-corrected chi connectivity index (χ2v) is 5.71. The fourth-order valence-electron chi connectivity index (χ4n) is 1.81. The molecule has 2 aromatic rings. The van der Waals surface area contributed by atoms with Gasteiger partial charge in [-0.2, -0.15) is 13.2 Å². The summed E-state index contributed by atoms with van der Waals surface area (Å²) in [6.07, 6.45) is -4.55. The number of hydrogen-bond acceptors (Lipinski definition) is 5. The number of halogens is 3. The van der Waals surface area contributed by atoms with Gasteiger partial charge < -0.3 is 14.8 Å². The molecular weight excluding hydrogens is 345 g/mol. The number of aryl methyl sites for hydroxylation is 1.